The average Bonchev–Trinajstić information content (AvgIpc) is 2.93. The van der Waals surface area contributed by atoms with Crippen LogP contribution in [-0.2, 0) is 0 Å². The molecule has 1 unspecified atom stereocenters. The van der Waals surface area contributed by atoms with E-state index in [1.165, 1.54) is 90.8 Å². The fourth-order valence-corrected chi connectivity index (χ4v) is 5.86. The molecule has 0 amide bonds. The van der Waals surface area contributed by atoms with Crippen molar-refractivity contribution in [2.45, 2.75) is 57.9 Å². The van der Waals surface area contributed by atoms with Gasteiger partial charge in [0.15, 0.2) is 0 Å². The second kappa shape index (κ2) is 6.65. The molecule has 4 rings (SSSR count). The summed E-state index contributed by atoms with van der Waals surface area (Å²) >= 11 is 0. The van der Waals surface area contributed by atoms with E-state index in [9.17, 15) is 0 Å². The van der Waals surface area contributed by atoms with Gasteiger partial charge in [0.2, 0.25) is 0 Å². The maximum atomic E-state index is 2.83. The van der Waals surface area contributed by atoms with Gasteiger partial charge in [-0.3, -0.25) is 0 Å². The minimum atomic E-state index is 0.726. The van der Waals surface area contributed by atoms with Crippen molar-refractivity contribution >= 4 is 0 Å². The van der Waals surface area contributed by atoms with Crippen molar-refractivity contribution in [3.8, 4) is 0 Å². The zero-order valence-corrected chi connectivity index (χ0v) is 15.5. The van der Waals surface area contributed by atoms with Crippen LogP contribution in [0.4, 0.5) is 0 Å². The fourth-order valence-electron chi connectivity index (χ4n) is 5.86. The Hall–Kier alpha value is -0.120. The smallest absolute Gasteiger partial charge is 0.00957 e. The van der Waals surface area contributed by atoms with Gasteiger partial charge in [-0.05, 0) is 88.9 Å². The Bertz CT molecular complexity index is 386. The molecule has 132 valence electrons. The van der Waals surface area contributed by atoms with Crippen LogP contribution in [0.15, 0.2) is 0 Å². The Morgan fingerprint density at radius 1 is 0.913 bits per heavy atom. The third-order valence-corrected chi connectivity index (χ3v) is 7.47. The number of likely N-dealkylation sites (tertiary alicyclic amines) is 3. The van der Waals surface area contributed by atoms with Gasteiger partial charge in [-0.1, -0.05) is 6.92 Å². The molecular weight excluding hydrogens is 282 g/mol. The normalized spacial score (nSPS) is 35.0. The van der Waals surface area contributed by atoms with E-state index in [0.717, 1.165) is 23.3 Å². The summed E-state index contributed by atoms with van der Waals surface area (Å²) in [6, 6.07) is 0.922. The first kappa shape index (κ1) is 16.4. The minimum Gasteiger partial charge on any atom is -0.306 e. The molecule has 0 N–H and O–H groups in total. The number of piperidine rings is 1. The van der Waals surface area contributed by atoms with E-state index in [2.05, 4.69) is 28.7 Å². The van der Waals surface area contributed by atoms with Crippen LogP contribution in [0.1, 0.15) is 51.9 Å². The molecule has 4 fully saturated rings. The van der Waals surface area contributed by atoms with Crippen LogP contribution in [0.2, 0.25) is 0 Å². The summed E-state index contributed by atoms with van der Waals surface area (Å²) in [6.07, 6.45) is 10.3. The van der Waals surface area contributed by atoms with E-state index in [1.807, 2.05) is 0 Å². The lowest BCUT2D eigenvalue weighted by atomic mass is 9.67. The van der Waals surface area contributed by atoms with Crippen molar-refractivity contribution in [3.63, 3.8) is 0 Å². The van der Waals surface area contributed by atoms with E-state index < -0.39 is 0 Å². The topological polar surface area (TPSA) is 9.72 Å². The summed E-state index contributed by atoms with van der Waals surface area (Å²) in [7, 11) is 2.28. The summed E-state index contributed by atoms with van der Waals surface area (Å²) < 4.78 is 0. The first-order valence-electron chi connectivity index (χ1n) is 10.3. The van der Waals surface area contributed by atoms with E-state index in [-0.39, 0.29) is 0 Å². The van der Waals surface area contributed by atoms with Gasteiger partial charge in [0, 0.05) is 32.2 Å². The monoisotopic (exact) mass is 319 g/mol. The van der Waals surface area contributed by atoms with Gasteiger partial charge >= 0.3 is 0 Å². The molecule has 0 aromatic carbocycles. The van der Waals surface area contributed by atoms with Crippen molar-refractivity contribution in [1.29, 1.82) is 0 Å². The van der Waals surface area contributed by atoms with Crippen molar-refractivity contribution in [2.75, 3.05) is 52.9 Å². The molecule has 3 saturated heterocycles. The van der Waals surface area contributed by atoms with Crippen LogP contribution in [0.5, 0.6) is 0 Å². The molecule has 0 bridgehead atoms. The van der Waals surface area contributed by atoms with Gasteiger partial charge < -0.3 is 14.7 Å². The Kier molecular flexibility index (Phi) is 4.73. The van der Waals surface area contributed by atoms with Gasteiger partial charge in [0.1, 0.15) is 0 Å². The summed E-state index contributed by atoms with van der Waals surface area (Å²) in [4.78, 5) is 8.11. The molecule has 23 heavy (non-hydrogen) atoms. The molecule has 0 aromatic heterocycles. The molecule has 1 aliphatic carbocycles. The van der Waals surface area contributed by atoms with Gasteiger partial charge in [0.25, 0.3) is 0 Å². The molecule has 3 nitrogen and oxygen atoms in total. The Labute approximate surface area is 143 Å². The first-order chi connectivity index (χ1) is 11.1. The highest BCUT2D eigenvalue weighted by Crippen LogP contribution is 2.45. The number of hydrogen-bond donors (Lipinski definition) is 0. The standard InChI is InChI=1S/C20H37N3/c1-17-5-11-23(12-6-17)19-3-8-20(9-4-19)15-22(16-20)14-18-7-10-21(2)13-18/h17-19H,3-16H2,1-2H3. The largest absolute Gasteiger partial charge is 0.306 e. The molecular formula is C20H37N3. The Morgan fingerprint density at radius 2 is 1.61 bits per heavy atom. The SMILES string of the molecule is CC1CCN(C2CCC3(CC2)CN(CC2CCN(C)C2)C3)CC1. The lowest BCUT2D eigenvalue weighted by Gasteiger charge is -2.55. The predicted octanol–water partition coefficient (Wildman–Crippen LogP) is 2.91. The molecule has 0 radical (unpaired) electrons. The highest BCUT2D eigenvalue weighted by molar-refractivity contribution is 5.00. The maximum Gasteiger partial charge on any atom is 0.00957 e. The Balaban J connectivity index is 1.19. The zero-order valence-electron chi connectivity index (χ0n) is 15.5. The Morgan fingerprint density at radius 3 is 2.22 bits per heavy atom. The summed E-state index contributed by atoms with van der Waals surface area (Å²) in [5.41, 5.74) is 0.726. The molecule has 3 heteroatoms. The van der Waals surface area contributed by atoms with Crippen molar-refractivity contribution < 1.29 is 0 Å². The van der Waals surface area contributed by atoms with Crippen LogP contribution < -0.4 is 0 Å². The second-order valence-corrected chi connectivity index (χ2v) is 9.54. The molecule has 1 spiro atoms. The molecule has 3 heterocycles. The second-order valence-electron chi connectivity index (χ2n) is 9.54. The van der Waals surface area contributed by atoms with Crippen LogP contribution in [0, 0.1) is 17.3 Å². The molecule has 1 atom stereocenters. The number of rotatable bonds is 3. The van der Waals surface area contributed by atoms with Gasteiger partial charge in [-0.15, -0.1) is 0 Å². The highest BCUT2D eigenvalue weighted by Gasteiger charge is 2.46. The third-order valence-electron chi connectivity index (χ3n) is 7.47. The fraction of sp³-hybridized carbons (Fsp3) is 1.00. The molecule has 3 aliphatic heterocycles. The van der Waals surface area contributed by atoms with E-state index in [4.69, 9.17) is 0 Å². The van der Waals surface area contributed by atoms with Gasteiger partial charge in [-0.25, -0.2) is 0 Å². The molecule has 4 aliphatic rings. The van der Waals surface area contributed by atoms with Gasteiger partial charge in [0.05, 0.1) is 0 Å². The minimum absolute atomic E-state index is 0.726. The van der Waals surface area contributed by atoms with Crippen LogP contribution in [0.3, 0.4) is 0 Å². The first-order valence-corrected chi connectivity index (χ1v) is 10.3. The lowest BCUT2D eigenvalue weighted by molar-refractivity contribution is -0.0537. The van der Waals surface area contributed by atoms with Gasteiger partial charge in [-0.2, -0.15) is 0 Å². The van der Waals surface area contributed by atoms with Crippen LogP contribution in [-0.4, -0.2) is 73.6 Å². The third kappa shape index (κ3) is 3.62. The maximum absolute atomic E-state index is 2.83. The van der Waals surface area contributed by atoms with Crippen molar-refractivity contribution in [1.82, 2.24) is 14.7 Å². The lowest BCUT2D eigenvalue weighted by Crippen LogP contribution is -2.60. The summed E-state index contributed by atoms with van der Waals surface area (Å²) in [5, 5.41) is 0. The van der Waals surface area contributed by atoms with E-state index in [1.54, 1.807) is 0 Å². The highest BCUT2D eigenvalue weighted by atomic mass is 15.2. The molecule has 1 saturated carbocycles. The summed E-state index contributed by atoms with van der Waals surface area (Å²) in [6.45, 7) is 12.0. The van der Waals surface area contributed by atoms with E-state index in [0.29, 0.717) is 0 Å². The van der Waals surface area contributed by atoms with Crippen molar-refractivity contribution in [3.05, 3.63) is 0 Å². The molecule has 0 aromatic rings. The summed E-state index contributed by atoms with van der Waals surface area (Å²) in [5.74, 6) is 1.92. The van der Waals surface area contributed by atoms with Crippen molar-refractivity contribution in [2.24, 2.45) is 17.3 Å². The predicted molar refractivity (Wildman–Crippen MR) is 96.7 cm³/mol. The van der Waals surface area contributed by atoms with Crippen LogP contribution in [0.25, 0.3) is 0 Å². The average molecular weight is 320 g/mol. The number of nitrogens with zero attached hydrogens (tertiary/aromatic N) is 3. The number of hydrogen-bond acceptors (Lipinski definition) is 3. The quantitative estimate of drug-likeness (QED) is 0.792. The zero-order chi connectivity index (χ0) is 15.9. The van der Waals surface area contributed by atoms with E-state index >= 15 is 0 Å². The van der Waals surface area contributed by atoms with Crippen LogP contribution >= 0.6 is 0 Å².